The fraction of sp³-hybridized carbons (Fsp3) is 0.304. The molecule has 0 saturated heterocycles. The molecule has 2 aromatic carbocycles. The zero-order chi connectivity index (χ0) is 18.5. The molecular weight excluding hydrogens is 330 g/mol. The number of hydrogen-bond acceptors (Lipinski definition) is 1. The SMILES string of the molecule is C=CC1CCC(c2ccc(-c3ccc(OC=CC)c(F)c3F)cc2)CC1. The van der Waals surface area contributed by atoms with E-state index in [1.807, 2.05) is 24.3 Å². The molecule has 0 spiro atoms. The first-order chi connectivity index (χ1) is 12.6. The van der Waals surface area contributed by atoms with Crippen molar-refractivity contribution in [3.63, 3.8) is 0 Å². The van der Waals surface area contributed by atoms with Gasteiger partial charge in [0.15, 0.2) is 11.6 Å². The lowest BCUT2D eigenvalue weighted by Gasteiger charge is -2.27. The Hall–Kier alpha value is -2.42. The van der Waals surface area contributed by atoms with E-state index < -0.39 is 11.6 Å². The predicted octanol–water partition coefficient (Wildman–Crippen LogP) is 7.00. The van der Waals surface area contributed by atoms with Crippen LogP contribution in [0.3, 0.4) is 0 Å². The molecule has 0 atom stereocenters. The van der Waals surface area contributed by atoms with E-state index in [0.29, 0.717) is 17.4 Å². The van der Waals surface area contributed by atoms with Gasteiger partial charge in [-0.1, -0.05) is 36.4 Å². The Kier molecular flexibility index (Phi) is 5.87. The Balaban J connectivity index is 1.78. The monoisotopic (exact) mass is 354 g/mol. The normalized spacial score (nSPS) is 20.3. The number of ether oxygens (including phenoxy) is 1. The van der Waals surface area contributed by atoms with Crippen molar-refractivity contribution in [3.8, 4) is 16.9 Å². The Morgan fingerprint density at radius 3 is 2.27 bits per heavy atom. The van der Waals surface area contributed by atoms with Crippen molar-refractivity contribution < 1.29 is 13.5 Å². The van der Waals surface area contributed by atoms with E-state index >= 15 is 0 Å². The van der Waals surface area contributed by atoms with Crippen molar-refractivity contribution in [2.24, 2.45) is 5.92 Å². The Bertz CT molecular complexity index is 785. The second kappa shape index (κ2) is 8.31. The number of halogens is 2. The molecule has 0 radical (unpaired) electrons. The molecule has 3 heteroatoms. The molecular formula is C23H24F2O. The highest BCUT2D eigenvalue weighted by atomic mass is 19.2. The van der Waals surface area contributed by atoms with Crippen LogP contribution in [0.4, 0.5) is 8.78 Å². The van der Waals surface area contributed by atoms with Gasteiger partial charge in [-0.3, -0.25) is 0 Å². The van der Waals surface area contributed by atoms with E-state index in [0.717, 1.165) is 12.8 Å². The first-order valence-corrected chi connectivity index (χ1v) is 9.12. The summed E-state index contributed by atoms with van der Waals surface area (Å²) in [5, 5.41) is 0. The molecule has 0 unspecified atom stereocenters. The van der Waals surface area contributed by atoms with Crippen LogP contribution in [0.5, 0.6) is 5.75 Å². The van der Waals surface area contributed by atoms with Crippen molar-refractivity contribution >= 4 is 0 Å². The van der Waals surface area contributed by atoms with Crippen molar-refractivity contribution in [1.29, 1.82) is 0 Å². The summed E-state index contributed by atoms with van der Waals surface area (Å²) in [6, 6.07) is 10.8. The minimum Gasteiger partial charge on any atom is -0.462 e. The topological polar surface area (TPSA) is 9.23 Å². The molecule has 0 amide bonds. The van der Waals surface area contributed by atoms with E-state index in [9.17, 15) is 8.78 Å². The fourth-order valence-electron chi connectivity index (χ4n) is 3.61. The Morgan fingerprint density at radius 2 is 1.65 bits per heavy atom. The van der Waals surface area contributed by atoms with Gasteiger partial charge in [0, 0.05) is 5.56 Å². The minimum atomic E-state index is -0.965. The summed E-state index contributed by atoms with van der Waals surface area (Å²) in [6.45, 7) is 5.63. The van der Waals surface area contributed by atoms with Gasteiger partial charge < -0.3 is 4.74 Å². The number of benzene rings is 2. The number of allylic oxidation sites excluding steroid dienone is 2. The molecule has 0 aliphatic heterocycles. The van der Waals surface area contributed by atoms with Gasteiger partial charge in [0.1, 0.15) is 0 Å². The zero-order valence-electron chi connectivity index (χ0n) is 15.1. The fourth-order valence-corrected chi connectivity index (χ4v) is 3.61. The molecule has 0 N–H and O–H groups in total. The summed E-state index contributed by atoms with van der Waals surface area (Å²) in [6.07, 6.45) is 9.64. The third-order valence-electron chi connectivity index (χ3n) is 5.18. The lowest BCUT2D eigenvalue weighted by Crippen LogP contribution is -2.11. The van der Waals surface area contributed by atoms with Crippen molar-refractivity contribution in [1.82, 2.24) is 0 Å². The third kappa shape index (κ3) is 3.87. The predicted molar refractivity (Wildman–Crippen MR) is 102 cm³/mol. The molecule has 0 heterocycles. The molecule has 2 aromatic rings. The van der Waals surface area contributed by atoms with Gasteiger partial charge in [0.05, 0.1) is 6.26 Å². The lowest BCUT2D eigenvalue weighted by atomic mass is 9.78. The molecule has 1 saturated carbocycles. The average Bonchev–Trinajstić information content (AvgIpc) is 2.69. The first kappa shape index (κ1) is 18.4. The van der Waals surface area contributed by atoms with E-state index in [4.69, 9.17) is 4.74 Å². The standard InChI is InChI=1S/C23H24F2O/c1-3-15-26-21-14-13-20(22(24)23(21)25)19-11-9-18(10-12-19)17-7-5-16(4-2)6-8-17/h3-4,9-17H,2,5-8H2,1H3. The van der Waals surface area contributed by atoms with E-state index in [2.05, 4.69) is 12.7 Å². The zero-order valence-corrected chi connectivity index (χ0v) is 15.1. The molecule has 136 valence electrons. The van der Waals surface area contributed by atoms with Crippen LogP contribution in [0.1, 0.15) is 44.1 Å². The van der Waals surface area contributed by atoms with Gasteiger partial charge in [0.25, 0.3) is 0 Å². The van der Waals surface area contributed by atoms with Crippen LogP contribution in [0.15, 0.2) is 61.4 Å². The lowest BCUT2D eigenvalue weighted by molar-refractivity contribution is 0.376. The molecule has 0 bridgehead atoms. The smallest absolute Gasteiger partial charge is 0.201 e. The summed E-state index contributed by atoms with van der Waals surface area (Å²) in [7, 11) is 0. The van der Waals surface area contributed by atoms with Crippen molar-refractivity contribution in [2.75, 3.05) is 0 Å². The van der Waals surface area contributed by atoms with Gasteiger partial charge in [-0.2, -0.15) is 4.39 Å². The quantitative estimate of drug-likeness (QED) is 0.415. The third-order valence-corrected chi connectivity index (χ3v) is 5.18. The van der Waals surface area contributed by atoms with E-state index in [1.54, 1.807) is 19.1 Å². The molecule has 0 aromatic heterocycles. The average molecular weight is 354 g/mol. The van der Waals surface area contributed by atoms with Gasteiger partial charge in [-0.05, 0) is 67.7 Å². The van der Waals surface area contributed by atoms with Crippen LogP contribution in [-0.4, -0.2) is 0 Å². The highest BCUT2D eigenvalue weighted by Crippen LogP contribution is 2.37. The first-order valence-electron chi connectivity index (χ1n) is 9.12. The van der Waals surface area contributed by atoms with Crippen LogP contribution >= 0.6 is 0 Å². The summed E-state index contributed by atoms with van der Waals surface area (Å²) in [4.78, 5) is 0. The van der Waals surface area contributed by atoms with Gasteiger partial charge in [-0.15, -0.1) is 6.58 Å². The second-order valence-corrected chi connectivity index (χ2v) is 6.80. The van der Waals surface area contributed by atoms with Crippen LogP contribution < -0.4 is 4.74 Å². The molecule has 1 fully saturated rings. The van der Waals surface area contributed by atoms with Crippen LogP contribution in [0.25, 0.3) is 11.1 Å². The van der Waals surface area contributed by atoms with Gasteiger partial charge in [-0.25, -0.2) is 4.39 Å². The highest BCUT2D eigenvalue weighted by molar-refractivity contribution is 5.65. The Morgan fingerprint density at radius 1 is 0.962 bits per heavy atom. The second-order valence-electron chi connectivity index (χ2n) is 6.80. The summed E-state index contributed by atoms with van der Waals surface area (Å²) < 4.78 is 33.7. The van der Waals surface area contributed by atoms with Crippen molar-refractivity contribution in [3.05, 3.63) is 78.6 Å². The summed E-state index contributed by atoms with van der Waals surface area (Å²) in [5.41, 5.74) is 2.19. The van der Waals surface area contributed by atoms with Gasteiger partial charge in [0.2, 0.25) is 5.82 Å². The van der Waals surface area contributed by atoms with E-state index in [-0.39, 0.29) is 11.3 Å². The number of hydrogen-bond donors (Lipinski definition) is 0. The largest absolute Gasteiger partial charge is 0.462 e. The van der Waals surface area contributed by atoms with Crippen molar-refractivity contribution in [2.45, 2.75) is 38.5 Å². The molecule has 3 rings (SSSR count). The maximum absolute atomic E-state index is 14.4. The Labute approximate surface area is 154 Å². The van der Waals surface area contributed by atoms with Crippen LogP contribution in [0.2, 0.25) is 0 Å². The maximum atomic E-state index is 14.4. The highest BCUT2D eigenvalue weighted by Gasteiger charge is 2.21. The summed E-state index contributed by atoms with van der Waals surface area (Å²) >= 11 is 0. The maximum Gasteiger partial charge on any atom is 0.201 e. The van der Waals surface area contributed by atoms with Crippen LogP contribution in [0, 0.1) is 17.6 Å². The molecule has 1 nitrogen and oxygen atoms in total. The molecule has 1 aliphatic rings. The van der Waals surface area contributed by atoms with Crippen LogP contribution in [-0.2, 0) is 0 Å². The summed E-state index contributed by atoms with van der Waals surface area (Å²) in [5.74, 6) is -0.789. The molecule has 26 heavy (non-hydrogen) atoms. The van der Waals surface area contributed by atoms with Gasteiger partial charge >= 0.3 is 0 Å². The minimum absolute atomic E-state index is 0.111. The number of rotatable bonds is 5. The molecule has 1 aliphatic carbocycles. The van der Waals surface area contributed by atoms with E-state index in [1.165, 1.54) is 30.7 Å².